The highest BCUT2D eigenvalue weighted by Crippen LogP contribution is 2.24. The number of benzene rings is 2. The number of para-hydroxylation sites is 1. The largest absolute Gasteiger partial charge is 0.353 e. The van der Waals surface area contributed by atoms with Gasteiger partial charge in [-0.05, 0) is 37.5 Å². The molecule has 1 N–H and O–H groups in total. The van der Waals surface area contributed by atoms with Crippen LogP contribution in [0.3, 0.4) is 0 Å². The van der Waals surface area contributed by atoms with Gasteiger partial charge in [0.1, 0.15) is 0 Å². The molecule has 1 atom stereocenters. The zero-order valence-electron chi connectivity index (χ0n) is 17.1. The molecule has 1 aromatic heterocycles. The molecule has 1 amide bonds. The van der Waals surface area contributed by atoms with Crippen LogP contribution in [0.25, 0.3) is 10.9 Å². The molecule has 0 aliphatic heterocycles. The summed E-state index contributed by atoms with van der Waals surface area (Å²) in [5, 5.41) is 4.19. The van der Waals surface area contributed by atoms with Crippen LogP contribution < -0.4 is 10.9 Å². The van der Waals surface area contributed by atoms with Gasteiger partial charge in [0, 0.05) is 6.04 Å². The van der Waals surface area contributed by atoms with Gasteiger partial charge in [0.25, 0.3) is 5.56 Å². The molecular weight excluding hydrogens is 382 g/mol. The molecule has 0 saturated carbocycles. The SMILES string of the molecule is CCC(CC)NC(=O)CSc1nc2ccccc2c(=O)n1[C@@H](C)c1ccccc1. The quantitative estimate of drug-likeness (QED) is 0.442. The molecule has 0 aliphatic carbocycles. The fraction of sp³-hybridized carbons (Fsp3) is 0.348. The van der Waals surface area contributed by atoms with E-state index in [0.717, 1.165) is 18.4 Å². The Balaban J connectivity index is 1.97. The number of hydrogen-bond acceptors (Lipinski definition) is 4. The lowest BCUT2D eigenvalue weighted by molar-refractivity contribution is -0.119. The summed E-state index contributed by atoms with van der Waals surface area (Å²) in [6, 6.07) is 17.2. The molecule has 3 rings (SSSR count). The van der Waals surface area contributed by atoms with E-state index in [2.05, 4.69) is 19.2 Å². The van der Waals surface area contributed by atoms with Crippen LogP contribution >= 0.6 is 11.8 Å². The van der Waals surface area contributed by atoms with E-state index in [9.17, 15) is 9.59 Å². The van der Waals surface area contributed by atoms with Crippen LogP contribution in [-0.4, -0.2) is 27.3 Å². The van der Waals surface area contributed by atoms with E-state index >= 15 is 0 Å². The molecule has 0 radical (unpaired) electrons. The summed E-state index contributed by atoms with van der Waals surface area (Å²) >= 11 is 1.31. The van der Waals surface area contributed by atoms with Gasteiger partial charge in [-0.15, -0.1) is 0 Å². The first kappa shape index (κ1) is 21.1. The van der Waals surface area contributed by atoms with Crippen molar-refractivity contribution in [2.45, 2.75) is 50.9 Å². The summed E-state index contributed by atoms with van der Waals surface area (Å²) in [5.74, 6) is 0.188. The van der Waals surface area contributed by atoms with Crippen molar-refractivity contribution in [1.82, 2.24) is 14.9 Å². The van der Waals surface area contributed by atoms with Gasteiger partial charge in [-0.1, -0.05) is 68.1 Å². The van der Waals surface area contributed by atoms with E-state index in [4.69, 9.17) is 4.98 Å². The minimum atomic E-state index is -0.189. The third-order valence-corrected chi connectivity index (χ3v) is 6.08. The molecule has 152 valence electrons. The van der Waals surface area contributed by atoms with E-state index in [1.807, 2.05) is 55.5 Å². The Morgan fingerprint density at radius 2 is 1.72 bits per heavy atom. The van der Waals surface area contributed by atoms with Gasteiger partial charge in [-0.25, -0.2) is 4.98 Å². The second-order valence-corrected chi connectivity index (χ2v) is 7.99. The summed E-state index contributed by atoms with van der Waals surface area (Å²) in [4.78, 5) is 30.4. The first-order valence-corrected chi connectivity index (χ1v) is 11.0. The molecular formula is C23H27N3O2S. The number of carbonyl (C=O) groups excluding carboxylic acids is 1. The number of rotatable bonds is 8. The van der Waals surface area contributed by atoms with Crippen molar-refractivity contribution < 1.29 is 4.79 Å². The molecule has 5 nitrogen and oxygen atoms in total. The van der Waals surface area contributed by atoms with Gasteiger partial charge >= 0.3 is 0 Å². The van der Waals surface area contributed by atoms with E-state index in [0.29, 0.717) is 16.1 Å². The van der Waals surface area contributed by atoms with Crippen LogP contribution in [0.15, 0.2) is 64.5 Å². The van der Waals surface area contributed by atoms with Crippen molar-refractivity contribution in [1.29, 1.82) is 0 Å². The number of thioether (sulfide) groups is 1. The number of hydrogen-bond donors (Lipinski definition) is 1. The summed E-state index contributed by atoms with van der Waals surface area (Å²) in [5.41, 5.74) is 1.58. The Hall–Kier alpha value is -2.60. The third-order valence-electron chi connectivity index (χ3n) is 5.13. The Bertz CT molecular complexity index is 1030. The summed E-state index contributed by atoms with van der Waals surface area (Å²) in [7, 11) is 0. The average Bonchev–Trinajstić information content (AvgIpc) is 2.76. The number of carbonyl (C=O) groups is 1. The normalized spacial score (nSPS) is 12.3. The molecule has 3 aromatic rings. The molecule has 0 unspecified atom stereocenters. The topological polar surface area (TPSA) is 64.0 Å². The summed E-state index contributed by atoms with van der Waals surface area (Å²) < 4.78 is 1.70. The Morgan fingerprint density at radius 3 is 2.41 bits per heavy atom. The molecule has 0 fully saturated rings. The fourth-order valence-corrected chi connectivity index (χ4v) is 4.23. The molecule has 0 saturated heterocycles. The van der Waals surface area contributed by atoms with Crippen molar-refractivity contribution >= 4 is 28.6 Å². The number of fused-ring (bicyclic) bond motifs is 1. The van der Waals surface area contributed by atoms with Crippen LogP contribution in [0, 0.1) is 0 Å². The van der Waals surface area contributed by atoms with Gasteiger partial charge in [0.05, 0.1) is 22.7 Å². The van der Waals surface area contributed by atoms with E-state index in [1.165, 1.54) is 11.8 Å². The Morgan fingerprint density at radius 1 is 1.07 bits per heavy atom. The average molecular weight is 410 g/mol. The lowest BCUT2D eigenvalue weighted by atomic mass is 10.1. The summed E-state index contributed by atoms with van der Waals surface area (Å²) in [6.07, 6.45) is 1.80. The summed E-state index contributed by atoms with van der Waals surface area (Å²) in [6.45, 7) is 6.11. The van der Waals surface area contributed by atoms with Crippen LogP contribution in [0.4, 0.5) is 0 Å². The van der Waals surface area contributed by atoms with Gasteiger partial charge in [0.2, 0.25) is 5.91 Å². The maximum absolute atomic E-state index is 13.3. The molecule has 1 heterocycles. The van der Waals surface area contributed by atoms with Gasteiger partial charge in [0.15, 0.2) is 5.16 Å². The lowest BCUT2D eigenvalue weighted by Gasteiger charge is -2.20. The van der Waals surface area contributed by atoms with Crippen molar-refractivity contribution in [3.63, 3.8) is 0 Å². The molecule has 0 bridgehead atoms. The van der Waals surface area contributed by atoms with Gasteiger partial charge in [-0.2, -0.15) is 0 Å². The van der Waals surface area contributed by atoms with E-state index < -0.39 is 0 Å². The van der Waals surface area contributed by atoms with Crippen molar-refractivity contribution in [2.75, 3.05) is 5.75 Å². The predicted octanol–water partition coefficient (Wildman–Crippen LogP) is 4.40. The van der Waals surface area contributed by atoms with Gasteiger partial charge < -0.3 is 5.32 Å². The monoisotopic (exact) mass is 409 g/mol. The smallest absolute Gasteiger partial charge is 0.262 e. The minimum absolute atomic E-state index is 0.0370. The highest BCUT2D eigenvalue weighted by molar-refractivity contribution is 7.99. The second-order valence-electron chi connectivity index (χ2n) is 7.04. The maximum atomic E-state index is 13.3. The van der Waals surface area contributed by atoms with Gasteiger partial charge in [-0.3, -0.25) is 14.2 Å². The van der Waals surface area contributed by atoms with Crippen molar-refractivity contribution in [3.8, 4) is 0 Å². The molecule has 0 spiro atoms. The van der Waals surface area contributed by atoms with Crippen LogP contribution in [0.5, 0.6) is 0 Å². The predicted molar refractivity (Wildman–Crippen MR) is 119 cm³/mol. The maximum Gasteiger partial charge on any atom is 0.262 e. The number of nitrogens with one attached hydrogen (secondary N) is 1. The lowest BCUT2D eigenvalue weighted by Crippen LogP contribution is -2.35. The highest BCUT2D eigenvalue weighted by Gasteiger charge is 2.19. The molecule has 0 aliphatic rings. The van der Waals surface area contributed by atoms with Crippen molar-refractivity contribution in [3.05, 3.63) is 70.5 Å². The zero-order valence-corrected chi connectivity index (χ0v) is 17.9. The molecule has 29 heavy (non-hydrogen) atoms. The fourth-order valence-electron chi connectivity index (χ4n) is 3.34. The number of nitrogens with zero attached hydrogens (tertiary/aromatic N) is 2. The number of aromatic nitrogens is 2. The molecule has 2 aromatic carbocycles. The van der Waals surface area contributed by atoms with Crippen LogP contribution in [-0.2, 0) is 4.79 Å². The van der Waals surface area contributed by atoms with Crippen molar-refractivity contribution in [2.24, 2.45) is 0 Å². The first-order chi connectivity index (χ1) is 14.0. The Kier molecular flexibility index (Phi) is 7.09. The molecule has 6 heteroatoms. The first-order valence-electron chi connectivity index (χ1n) is 10.0. The highest BCUT2D eigenvalue weighted by atomic mass is 32.2. The van der Waals surface area contributed by atoms with Crippen LogP contribution in [0.2, 0.25) is 0 Å². The minimum Gasteiger partial charge on any atom is -0.353 e. The standard InChI is InChI=1S/C23H27N3O2S/c1-4-18(5-2)24-21(27)15-29-23-25-20-14-10-9-13-19(20)22(28)26(23)16(3)17-11-7-6-8-12-17/h6-14,16,18H,4-5,15H2,1-3H3,(H,24,27)/t16-/m0/s1. The van der Waals surface area contributed by atoms with Crippen LogP contribution in [0.1, 0.15) is 45.2 Å². The second kappa shape index (κ2) is 9.74. The van der Waals surface area contributed by atoms with E-state index in [-0.39, 0.29) is 29.3 Å². The zero-order chi connectivity index (χ0) is 20.8. The van der Waals surface area contributed by atoms with E-state index in [1.54, 1.807) is 10.6 Å². The Labute approximate surface area is 175 Å². The third kappa shape index (κ3) is 4.88. The number of amides is 1.